The molecule has 2 aliphatic rings. The summed E-state index contributed by atoms with van der Waals surface area (Å²) in [6.45, 7) is 5.36. The number of hydrogen-bond donors (Lipinski definition) is 0. The van der Waals surface area contributed by atoms with Crippen LogP contribution in [0.5, 0.6) is 0 Å². The minimum absolute atomic E-state index is 0.0347. The SMILES string of the molecule is C=CCON1C(=O)c2ccc(Cl)c3c(N4CCCC4)cc(Cl)c(c23)C1=O. The summed E-state index contributed by atoms with van der Waals surface area (Å²) < 4.78 is 0. The quantitative estimate of drug-likeness (QED) is 0.571. The van der Waals surface area contributed by atoms with Crippen molar-refractivity contribution < 1.29 is 14.4 Å². The number of imide groups is 1. The van der Waals surface area contributed by atoms with Crippen LogP contribution in [0.3, 0.4) is 0 Å². The van der Waals surface area contributed by atoms with Crippen molar-refractivity contribution in [1.29, 1.82) is 0 Å². The first kappa shape index (κ1) is 17.3. The highest BCUT2D eigenvalue weighted by atomic mass is 35.5. The van der Waals surface area contributed by atoms with Crippen LogP contribution in [0, 0.1) is 0 Å². The molecule has 2 heterocycles. The number of halogens is 2. The van der Waals surface area contributed by atoms with Gasteiger partial charge in [0.05, 0.1) is 27.8 Å². The van der Waals surface area contributed by atoms with Crippen LogP contribution in [0.15, 0.2) is 30.9 Å². The van der Waals surface area contributed by atoms with E-state index in [0.29, 0.717) is 21.4 Å². The molecule has 0 atom stereocenters. The highest BCUT2D eigenvalue weighted by Crippen LogP contribution is 2.44. The standard InChI is InChI=1S/C19H16Cl2N2O3/c1-2-9-26-23-18(24)11-5-6-12(20)16-14(22-7-3-4-8-22)10-13(21)17(15(11)16)19(23)25/h2,5-6,10H,1,3-4,7-9H2. The molecule has 1 fully saturated rings. The summed E-state index contributed by atoms with van der Waals surface area (Å²) in [7, 11) is 0. The van der Waals surface area contributed by atoms with E-state index in [9.17, 15) is 9.59 Å². The lowest BCUT2D eigenvalue weighted by Gasteiger charge is -2.29. The highest BCUT2D eigenvalue weighted by Gasteiger charge is 2.37. The van der Waals surface area contributed by atoms with E-state index < -0.39 is 11.8 Å². The number of rotatable bonds is 4. The second kappa shape index (κ2) is 6.58. The summed E-state index contributed by atoms with van der Waals surface area (Å²) in [5.74, 6) is -1.12. The molecule has 0 unspecified atom stereocenters. The van der Waals surface area contributed by atoms with E-state index in [1.807, 2.05) is 0 Å². The van der Waals surface area contributed by atoms with Crippen molar-refractivity contribution in [2.24, 2.45) is 0 Å². The topological polar surface area (TPSA) is 49.9 Å². The van der Waals surface area contributed by atoms with E-state index in [-0.39, 0.29) is 17.2 Å². The predicted octanol–water partition coefficient (Wildman–Crippen LogP) is 4.46. The lowest BCUT2D eigenvalue weighted by Crippen LogP contribution is -2.40. The molecule has 2 aromatic rings. The molecule has 26 heavy (non-hydrogen) atoms. The zero-order valence-electron chi connectivity index (χ0n) is 13.9. The smallest absolute Gasteiger partial charge is 0.287 e. The van der Waals surface area contributed by atoms with Crippen LogP contribution < -0.4 is 4.90 Å². The molecule has 2 aromatic carbocycles. The second-order valence-corrected chi connectivity index (χ2v) is 7.10. The van der Waals surface area contributed by atoms with E-state index >= 15 is 0 Å². The van der Waals surface area contributed by atoms with Gasteiger partial charge in [0.15, 0.2) is 0 Å². The van der Waals surface area contributed by atoms with E-state index in [1.54, 1.807) is 18.2 Å². The Balaban J connectivity index is 2.00. The maximum Gasteiger partial charge on any atom is 0.287 e. The number of nitrogens with zero attached hydrogens (tertiary/aromatic N) is 2. The van der Waals surface area contributed by atoms with Crippen LogP contribution in [-0.4, -0.2) is 36.6 Å². The molecule has 5 nitrogen and oxygen atoms in total. The van der Waals surface area contributed by atoms with Crippen molar-refractivity contribution in [3.63, 3.8) is 0 Å². The maximum absolute atomic E-state index is 12.9. The Morgan fingerprint density at radius 1 is 1.08 bits per heavy atom. The molecule has 2 amide bonds. The van der Waals surface area contributed by atoms with Crippen LogP contribution in [0.4, 0.5) is 5.69 Å². The molecule has 0 saturated carbocycles. The monoisotopic (exact) mass is 390 g/mol. The van der Waals surface area contributed by atoms with Gasteiger partial charge in [0.2, 0.25) is 0 Å². The van der Waals surface area contributed by atoms with Crippen molar-refractivity contribution >= 4 is 51.5 Å². The van der Waals surface area contributed by atoms with Gasteiger partial charge < -0.3 is 4.90 Å². The molecule has 1 saturated heterocycles. The number of anilines is 1. The fraction of sp³-hybridized carbons (Fsp3) is 0.263. The van der Waals surface area contributed by atoms with Gasteiger partial charge in [-0.1, -0.05) is 29.3 Å². The van der Waals surface area contributed by atoms with Gasteiger partial charge in [0, 0.05) is 29.5 Å². The summed E-state index contributed by atoms with van der Waals surface area (Å²) in [5.41, 5.74) is 1.45. The third-order valence-corrected chi connectivity index (χ3v) is 5.36. The van der Waals surface area contributed by atoms with Crippen molar-refractivity contribution in [3.05, 3.63) is 52.0 Å². The predicted molar refractivity (Wildman–Crippen MR) is 102 cm³/mol. The van der Waals surface area contributed by atoms with Gasteiger partial charge in [-0.25, -0.2) is 0 Å². The molecule has 0 spiro atoms. The van der Waals surface area contributed by atoms with Crippen molar-refractivity contribution in [2.45, 2.75) is 12.8 Å². The van der Waals surface area contributed by atoms with E-state index in [2.05, 4.69) is 11.5 Å². The van der Waals surface area contributed by atoms with Gasteiger partial charge in [0.1, 0.15) is 0 Å². The van der Waals surface area contributed by atoms with Gasteiger partial charge in [-0.15, -0.1) is 11.6 Å². The molecule has 7 heteroatoms. The first-order chi connectivity index (χ1) is 12.5. The molecular weight excluding hydrogens is 375 g/mol. The zero-order chi connectivity index (χ0) is 18.4. The van der Waals surface area contributed by atoms with Crippen molar-refractivity contribution in [3.8, 4) is 0 Å². The van der Waals surface area contributed by atoms with Crippen molar-refractivity contribution in [2.75, 3.05) is 24.6 Å². The molecule has 0 bridgehead atoms. The second-order valence-electron chi connectivity index (χ2n) is 6.28. The van der Waals surface area contributed by atoms with Crippen LogP contribution in [0.1, 0.15) is 33.6 Å². The van der Waals surface area contributed by atoms with Gasteiger partial charge in [-0.2, -0.15) is 0 Å². The highest BCUT2D eigenvalue weighted by molar-refractivity contribution is 6.43. The number of hydrogen-bond acceptors (Lipinski definition) is 4. The third kappa shape index (κ3) is 2.50. The number of carbonyl (C=O) groups excluding carboxylic acids is 2. The molecule has 4 rings (SSSR count). The summed E-state index contributed by atoms with van der Waals surface area (Å²) in [6, 6.07) is 5.05. The maximum atomic E-state index is 12.9. The molecule has 0 radical (unpaired) electrons. The minimum atomic E-state index is -0.588. The van der Waals surface area contributed by atoms with Crippen LogP contribution >= 0.6 is 23.2 Å². The molecule has 0 aliphatic carbocycles. The Morgan fingerprint density at radius 2 is 1.81 bits per heavy atom. The summed E-state index contributed by atoms with van der Waals surface area (Å²) >= 11 is 13.0. The van der Waals surface area contributed by atoms with Gasteiger partial charge in [-0.05, 0) is 31.0 Å². The van der Waals surface area contributed by atoms with Gasteiger partial charge in [0.25, 0.3) is 11.8 Å². The normalized spacial score (nSPS) is 16.7. The van der Waals surface area contributed by atoms with Crippen LogP contribution in [0.25, 0.3) is 10.8 Å². The first-order valence-electron chi connectivity index (χ1n) is 8.37. The van der Waals surface area contributed by atoms with Gasteiger partial charge in [-0.3, -0.25) is 14.4 Å². The van der Waals surface area contributed by atoms with Crippen molar-refractivity contribution in [1.82, 2.24) is 5.06 Å². The van der Waals surface area contributed by atoms with E-state index in [0.717, 1.165) is 36.7 Å². The molecule has 0 aromatic heterocycles. The average Bonchev–Trinajstić information content (AvgIpc) is 3.15. The van der Waals surface area contributed by atoms with Crippen LogP contribution in [0.2, 0.25) is 10.0 Å². The summed E-state index contributed by atoms with van der Waals surface area (Å²) in [5, 5.41) is 2.71. The lowest BCUT2D eigenvalue weighted by atomic mass is 9.93. The number of benzene rings is 2. The third-order valence-electron chi connectivity index (χ3n) is 4.74. The number of hydroxylamine groups is 2. The summed E-state index contributed by atoms with van der Waals surface area (Å²) in [6.07, 6.45) is 3.63. The average molecular weight is 391 g/mol. The fourth-order valence-corrected chi connectivity index (χ4v) is 4.15. The molecule has 2 aliphatic heterocycles. The van der Waals surface area contributed by atoms with E-state index in [1.165, 1.54) is 6.08 Å². The van der Waals surface area contributed by atoms with Crippen LogP contribution in [-0.2, 0) is 4.84 Å². The fourth-order valence-electron chi connectivity index (χ4n) is 3.61. The lowest BCUT2D eigenvalue weighted by molar-refractivity contribution is -0.0842. The van der Waals surface area contributed by atoms with Gasteiger partial charge >= 0.3 is 0 Å². The molecule has 134 valence electrons. The Bertz CT molecular complexity index is 952. The number of amides is 2. The summed E-state index contributed by atoms with van der Waals surface area (Å²) in [4.78, 5) is 33.2. The van der Waals surface area contributed by atoms with E-state index in [4.69, 9.17) is 28.0 Å². The Labute approximate surface area is 160 Å². The largest absolute Gasteiger partial charge is 0.371 e. The Hall–Kier alpha value is -2.08. The minimum Gasteiger partial charge on any atom is -0.371 e. The zero-order valence-corrected chi connectivity index (χ0v) is 15.4. The number of carbonyl (C=O) groups is 2. The first-order valence-corrected chi connectivity index (χ1v) is 9.12. The Kier molecular flexibility index (Phi) is 4.39. The molecule has 0 N–H and O–H groups in total. The molecular formula is C19H16Cl2N2O3. The Morgan fingerprint density at radius 3 is 2.50 bits per heavy atom.